The number of rotatable bonds is 8. The molecule has 0 aliphatic heterocycles. The zero-order valence-electron chi connectivity index (χ0n) is 10.7. The lowest BCUT2D eigenvalue weighted by atomic mass is 10.2. The Kier molecular flexibility index (Phi) is 4.99. The second-order valence-corrected chi connectivity index (χ2v) is 5.03. The first-order chi connectivity index (χ1) is 8.78. The maximum Gasteiger partial charge on any atom is 0.228 e. The summed E-state index contributed by atoms with van der Waals surface area (Å²) in [7, 11) is 0. The zero-order valence-corrected chi connectivity index (χ0v) is 11.5. The van der Waals surface area contributed by atoms with E-state index < -0.39 is 0 Å². The van der Waals surface area contributed by atoms with Crippen molar-refractivity contribution in [1.29, 1.82) is 0 Å². The monoisotopic (exact) mass is 269 g/mol. The van der Waals surface area contributed by atoms with Crippen LogP contribution in [0.15, 0.2) is 0 Å². The Hall–Kier alpha value is -1.10. The first kappa shape index (κ1) is 13.3. The van der Waals surface area contributed by atoms with Crippen LogP contribution in [0.25, 0.3) is 0 Å². The molecule has 0 radical (unpaired) electrons. The first-order valence-electron chi connectivity index (χ1n) is 6.67. The summed E-state index contributed by atoms with van der Waals surface area (Å²) >= 11 is 5.86. The molecule has 1 heterocycles. The van der Waals surface area contributed by atoms with Gasteiger partial charge in [0.15, 0.2) is 0 Å². The highest BCUT2D eigenvalue weighted by Crippen LogP contribution is 2.33. The minimum atomic E-state index is 0.230. The van der Waals surface area contributed by atoms with Crippen LogP contribution in [0.3, 0.4) is 0 Å². The van der Waals surface area contributed by atoms with Crippen molar-refractivity contribution in [3.8, 4) is 0 Å². The molecule has 0 spiro atoms. The van der Waals surface area contributed by atoms with Crippen molar-refractivity contribution in [3.05, 3.63) is 5.28 Å². The van der Waals surface area contributed by atoms with Gasteiger partial charge in [0.1, 0.15) is 0 Å². The topological polar surface area (TPSA) is 62.7 Å². The van der Waals surface area contributed by atoms with E-state index in [4.69, 9.17) is 11.6 Å². The Bertz CT molecular complexity index is 381. The lowest BCUT2D eigenvalue weighted by Gasteiger charge is -2.07. The summed E-state index contributed by atoms with van der Waals surface area (Å²) in [5.41, 5.74) is 0. The molecule has 0 saturated heterocycles. The van der Waals surface area contributed by atoms with Crippen LogP contribution in [0, 0.1) is 5.92 Å². The number of halogens is 1. The number of hydrogen-bond donors (Lipinski definition) is 2. The summed E-state index contributed by atoms with van der Waals surface area (Å²) in [6, 6.07) is 0. The van der Waals surface area contributed by atoms with Crippen molar-refractivity contribution >= 4 is 23.5 Å². The van der Waals surface area contributed by atoms with Crippen molar-refractivity contribution in [2.45, 2.75) is 39.0 Å². The van der Waals surface area contributed by atoms with E-state index in [1.807, 2.05) is 0 Å². The predicted octanol–water partition coefficient (Wildman–Crippen LogP) is 2.95. The fourth-order valence-corrected chi connectivity index (χ4v) is 1.90. The van der Waals surface area contributed by atoms with E-state index in [0.29, 0.717) is 11.9 Å². The van der Waals surface area contributed by atoms with E-state index in [1.165, 1.54) is 19.3 Å². The highest BCUT2D eigenvalue weighted by molar-refractivity contribution is 6.28. The maximum absolute atomic E-state index is 5.86. The van der Waals surface area contributed by atoms with E-state index in [1.54, 1.807) is 0 Å². The molecule has 0 aromatic carbocycles. The lowest BCUT2D eigenvalue weighted by molar-refractivity contribution is 0.685. The molecule has 0 unspecified atom stereocenters. The predicted molar refractivity (Wildman–Crippen MR) is 74.1 cm³/mol. The van der Waals surface area contributed by atoms with Gasteiger partial charge in [0, 0.05) is 13.1 Å². The number of aromatic nitrogens is 3. The van der Waals surface area contributed by atoms with Gasteiger partial charge in [0.25, 0.3) is 0 Å². The molecule has 1 aromatic heterocycles. The lowest BCUT2D eigenvalue weighted by Crippen LogP contribution is -2.10. The molecule has 5 nitrogen and oxygen atoms in total. The number of anilines is 2. The summed E-state index contributed by atoms with van der Waals surface area (Å²) in [4.78, 5) is 12.4. The van der Waals surface area contributed by atoms with Gasteiger partial charge in [-0.1, -0.05) is 19.8 Å². The van der Waals surface area contributed by atoms with E-state index in [9.17, 15) is 0 Å². The number of nitrogens with zero attached hydrogens (tertiary/aromatic N) is 3. The number of nitrogens with one attached hydrogen (secondary N) is 2. The van der Waals surface area contributed by atoms with Crippen molar-refractivity contribution < 1.29 is 0 Å². The first-order valence-corrected chi connectivity index (χ1v) is 7.05. The van der Waals surface area contributed by atoms with Crippen LogP contribution < -0.4 is 10.6 Å². The number of hydrogen-bond acceptors (Lipinski definition) is 5. The molecule has 1 aliphatic carbocycles. The van der Waals surface area contributed by atoms with Crippen LogP contribution in [-0.4, -0.2) is 28.0 Å². The van der Waals surface area contributed by atoms with Crippen LogP contribution >= 0.6 is 11.6 Å². The smallest absolute Gasteiger partial charge is 0.228 e. The van der Waals surface area contributed by atoms with Gasteiger partial charge in [-0.3, -0.25) is 0 Å². The molecule has 1 aliphatic rings. The third kappa shape index (κ3) is 4.64. The minimum absolute atomic E-state index is 0.230. The Morgan fingerprint density at radius 3 is 2.39 bits per heavy atom. The molecule has 2 rings (SSSR count). The Morgan fingerprint density at radius 2 is 1.78 bits per heavy atom. The molecule has 1 aromatic rings. The highest BCUT2D eigenvalue weighted by atomic mass is 35.5. The summed E-state index contributed by atoms with van der Waals surface area (Å²) < 4.78 is 0. The van der Waals surface area contributed by atoms with Crippen molar-refractivity contribution in [2.24, 2.45) is 5.92 Å². The molecule has 0 amide bonds. The average molecular weight is 270 g/mol. The van der Waals surface area contributed by atoms with Crippen molar-refractivity contribution in [1.82, 2.24) is 15.0 Å². The Morgan fingerprint density at radius 1 is 1.11 bits per heavy atom. The summed E-state index contributed by atoms with van der Waals surface area (Å²) in [5, 5.41) is 6.54. The SMILES string of the molecule is CCCNc1nc(Cl)nc(NCCCC2CC2)n1. The third-order valence-electron chi connectivity index (χ3n) is 2.91. The highest BCUT2D eigenvalue weighted by Gasteiger charge is 2.19. The second kappa shape index (κ2) is 6.73. The quantitative estimate of drug-likeness (QED) is 0.711. The van der Waals surface area contributed by atoms with Crippen molar-refractivity contribution in [3.63, 3.8) is 0 Å². The van der Waals surface area contributed by atoms with Crippen LogP contribution in [-0.2, 0) is 0 Å². The van der Waals surface area contributed by atoms with Gasteiger partial charge in [0.2, 0.25) is 17.2 Å². The van der Waals surface area contributed by atoms with Gasteiger partial charge in [0.05, 0.1) is 0 Å². The molecule has 6 heteroatoms. The van der Waals surface area contributed by atoms with Crippen LogP contribution in [0.4, 0.5) is 11.9 Å². The molecule has 0 atom stereocenters. The molecular weight excluding hydrogens is 250 g/mol. The fourth-order valence-electron chi connectivity index (χ4n) is 1.74. The van der Waals surface area contributed by atoms with Gasteiger partial charge in [-0.2, -0.15) is 15.0 Å². The largest absolute Gasteiger partial charge is 0.354 e. The van der Waals surface area contributed by atoms with E-state index in [2.05, 4.69) is 32.5 Å². The molecule has 100 valence electrons. The molecule has 2 N–H and O–H groups in total. The average Bonchev–Trinajstić information content (AvgIpc) is 3.15. The van der Waals surface area contributed by atoms with E-state index in [0.717, 1.165) is 31.8 Å². The van der Waals surface area contributed by atoms with Gasteiger partial charge in [-0.05, 0) is 36.8 Å². The summed E-state index contributed by atoms with van der Waals surface area (Å²) in [5.74, 6) is 2.07. The van der Waals surface area contributed by atoms with Crippen molar-refractivity contribution in [2.75, 3.05) is 23.7 Å². The summed E-state index contributed by atoms with van der Waals surface area (Å²) in [6.07, 6.45) is 6.29. The Labute approximate surface area is 113 Å². The zero-order chi connectivity index (χ0) is 12.8. The second-order valence-electron chi connectivity index (χ2n) is 4.69. The molecule has 1 saturated carbocycles. The van der Waals surface area contributed by atoms with Gasteiger partial charge in [-0.15, -0.1) is 0 Å². The van der Waals surface area contributed by atoms with E-state index in [-0.39, 0.29) is 5.28 Å². The Balaban J connectivity index is 1.79. The molecule has 1 fully saturated rings. The molecular formula is C12H20ClN5. The van der Waals surface area contributed by atoms with Gasteiger partial charge < -0.3 is 10.6 Å². The van der Waals surface area contributed by atoms with Gasteiger partial charge >= 0.3 is 0 Å². The summed E-state index contributed by atoms with van der Waals surface area (Å²) in [6.45, 7) is 3.82. The third-order valence-corrected chi connectivity index (χ3v) is 3.08. The standard InChI is InChI=1S/C12H20ClN5/c1-2-7-14-11-16-10(13)17-12(18-11)15-8-3-4-9-5-6-9/h9H,2-8H2,1H3,(H2,14,15,16,17,18). The van der Waals surface area contributed by atoms with Crippen LogP contribution in [0.5, 0.6) is 0 Å². The molecule has 18 heavy (non-hydrogen) atoms. The van der Waals surface area contributed by atoms with Crippen LogP contribution in [0.2, 0.25) is 5.28 Å². The normalized spacial score (nSPS) is 14.6. The fraction of sp³-hybridized carbons (Fsp3) is 0.750. The van der Waals surface area contributed by atoms with Gasteiger partial charge in [-0.25, -0.2) is 0 Å². The molecule has 0 bridgehead atoms. The maximum atomic E-state index is 5.86. The van der Waals surface area contributed by atoms with E-state index >= 15 is 0 Å². The minimum Gasteiger partial charge on any atom is -0.354 e. The van der Waals surface area contributed by atoms with Crippen LogP contribution in [0.1, 0.15) is 39.0 Å².